The Kier molecular flexibility index (Phi) is 4.97. The van der Waals surface area contributed by atoms with Crippen LogP contribution in [0.3, 0.4) is 0 Å². The van der Waals surface area contributed by atoms with Gasteiger partial charge in [-0.3, -0.25) is 9.69 Å². The van der Waals surface area contributed by atoms with E-state index in [2.05, 4.69) is 29.4 Å². The fraction of sp³-hybridized carbons (Fsp3) is 0.923. The SMILES string of the molecule is CCCN1CCN(C(=O)C2CNC(C)CN2)CC1. The van der Waals surface area contributed by atoms with E-state index in [1.165, 1.54) is 6.42 Å². The molecule has 2 unspecified atom stereocenters. The lowest BCUT2D eigenvalue weighted by Crippen LogP contribution is -2.61. The van der Waals surface area contributed by atoms with Crippen LogP contribution in [-0.2, 0) is 4.79 Å². The Hall–Kier alpha value is -0.650. The van der Waals surface area contributed by atoms with Gasteiger partial charge in [0, 0.05) is 45.3 Å². The third-order valence-corrected chi connectivity index (χ3v) is 3.86. The van der Waals surface area contributed by atoms with Crippen molar-refractivity contribution in [3.8, 4) is 0 Å². The molecule has 2 aliphatic heterocycles. The highest BCUT2D eigenvalue weighted by Gasteiger charge is 2.29. The van der Waals surface area contributed by atoms with Gasteiger partial charge >= 0.3 is 0 Å². The Bertz CT molecular complexity index is 268. The monoisotopic (exact) mass is 254 g/mol. The first kappa shape index (κ1) is 13.8. The molecule has 1 amide bonds. The van der Waals surface area contributed by atoms with E-state index in [0.717, 1.165) is 45.8 Å². The van der Waals surface area contributed by atoms with E-state index in [-0.39, 0.29) is 11.9 Å². The molecule has 0 aromatic heterocycles. The van der Waals surface area contributed by atoms with Gasteiger partial charge in [-0.15, -0.1) is 0 Å². The summed E-state index contributed by atoms with van der Waals surface area (Å²) in [4.78, 5) is 16.8. The molecule has 0 aliphatic carbocycles. The highest BCUT2D eigenvalue weighted by atomic mass is 16.2. The summed E-state index contributed by atoms with van der Waals surface area (Å²) in [5.74, 6) is 0.269. The summed E-state index contributed by atoms with van der Waals surface area (Å²) in [7, 11) is 0. The molecule has 0 radical (unpaired) electrons. The summed E-state index contributed by atoms with van der Waals surface area (Å²) in [5.41, 5.74) is 0. The number of piperazine rings is 2. The molecule has 2 N–H and O–H groups in total. The van der Waals surface area contributed by atoms with Crippen molar-refractivity contribution in [2.45, 2.75) is 32.4 Å². The highest BCUT2D eigenvalue weighted by Crippen LogP contribution is 2.06. The Labute approximate surface area is 110 Å². The largest absolute Gasteiger partial charge is 0.339 e. The number of nitrogens with one attached hydrogen (secondary N) is 2. The maximum absolute atomic E-state index is 12.3. The van der Waals surface area contributed by atoms with E-state index in [9.17, 15) is 4.79 Å². The number of hydrogen-bond acceptors (Lipinski definition) is 4. The second-order valence-electron chi connectivity index (χ2n) is 5.44. The average Bonchev–Trinajstić information content (AvgIpc) is 2.40. The molecule has 5 nitrogen and oxygen atoms in total. The van der Waals surface area contributed by atoms with Crippen LogP contribution >= 0.6 is 0 Å². The predicted octanol–water partition coefficient (Wildman–Crippen LogP) is -0.509. The first-order valence-electron chi connectivity index (χ1n) is 7.18. The van der Waals surface area contributed by atoms with Crippen LogP contribution in [-0.4, -0.2) is 73.6 Å². The highest BCUT2D eigenvalue weighted by molar-refractivity contribution is 5.82. The van der Waals surface area contributed by atoms with Crippen LogP contribution < -0.4 is 10.6 Å². The second kappa shape index (κ2) is 6.50. The lowest BCUT2D eigenvalue weighted by Gasteiger charge is -2.38. The Morgan fingerprint density at radius 1 is 1.17 bits per heavy atom. The van der Waals surface area contributed by atoms with E-state index in [0.29, 0.717) is 6.04 Å². The van der Waals surface area contributed by atoms with Crippen molar-refractivity contribution in [2.24, 2.45) is 0 Å². The lowest BCUT2D eigenvalue weighted by molar-refractivity contribution is -0.135. The predicted molar refractivity (Wildman–Crippen MR) is 72.6 cm³/mol. The molecule has 18 heavy (non-hydrogen) atoms. The summed E-state index contributed by atoms with van der Waals surface area (Å²) in [6, 6.07) is 0.439. The number of nitrogens with zero attached hydrogens (tertiary/aromatic N) is 2. The van der Waals surface area contributed by atoms with Gasteiger partial charge < -0.3 is 15.5 Å². The fourth-order valence-electron chi connectivity index (χ4n) is 2.69. The van der Waals surface area contributed by atoms with Crippen molar-refractivity contribution in [3.63, 3.8) is 0 Å². The van der Waals surface area contributed by atoms with E-state index in [1.54, 1.807) is 0 Å². The molecule has 0 bridgehead atoms. The van der Waals surface area contributed by atoms with Gasteiger partial charge in [0.15, 0.2) is 0 Å². The van der Waals surface area contributed by atoms with Gasteiger partial charge in [0.2, 0.25) is 5.91 Å². The van der Waals surface area contributed by atoms with Gasteiger partial charge in [-0.25, -0.2) is 0 Å². The standard InChI is InChI=1S/C13H26N4O/c1-3-4-16-5-7-17(8-6-16)13(18)12-10-14-11(2)9-15-12/h11-12,14-15H,3-10H2,1-2H3. The van der Waals surface area contributed by atoms with Gasteiger partial charge in [-0.1, -0.05) is 6.92 Å². The maximum atomic E-state index is 12.3. The van der Waals surface area contributed by atoms with Crippen molar-refractivity contribution >= 4 is 5.91 Å². The molecule has 0 aromatic carbocycles. The smallest absolute Gasteiger partial charge is 0.241 e. The van der Waals surface area contributed by atoms with Crippen molar-refractivity contribution in [2.75, 3.05) is 45.8 Å². The minimum Gasteiger partial charge on any atom is -0.339 e. The molecule has 2 saturated heterocycles. The molecule has 104 valence electrons. The van der Waals surface area contributed by atoms with Crippen LogP contribution in [0.2, 0.25) is 0 Å². The summed E-state index contributed by atoms with van der Waals surface area (Å²) < 4.78 is 0. The zero-order valence-electron chi connectivity index (χ0n) is 11.6. The number of hydrogen-bond donors (Lipinski definition) is 2. The van der Waals surface area contributed by atoms with Crippen LogP contribution in [0.1, 0.15) is 20.3 Å². The average molecular weight is 254 g/mol. The van der Waals surface area contributed by atoms with Crippen LogP contribution in [0.4, 0.5) is 0 Å². The van der Waals surface area contributed by atoms with Gasteiger partial charge in [0.05, 0.1) is 6.04 Å². The van der Waals surface area contributed by atoms with Gasteiger partial charge in [0.25, 0.3) is 0 Å². The molecular formula is C13H26N4O. The van der Waals surface area contributed by atoms with Gasteiger partial charge in [-0.2, -0.15) is 0 Å². The maximum Gasteiger partial charge on any atom is 0.241 e. The minimum atomic E-state index is -0.0288. The summed E-state index contributed by atoms with van der Waals surface area (Å²) in [6.07, 6.45) is 1.19. The van der Waals surface area contributed by atoms with E-state index >= 15 is 0 Å². The number of rotatable bonds is 3. The first-order chi connectivity index (χ1) is 8.70. The zero-order valence-corrected chi connectivity index (χ0v) is 11.6. The number of carbonyl (C=O) groups excluding carboxylic acids is 1. The number of carbonyl (C=O) groups is 1. The molecule has 0 spiro atoms. The normalized spacial score (nSPS) is 30.4. The van der Waals surface area contributed by atoms with Crippen molar-refractivity contribution in [3.05, 3.63) is 0 Å². The summed E-state index contributed by atoms with van der Waals surface area (Å²) >= 11 is 0. The lowest BCUT2D eigenvalue weighted by atomic mass is 10.1. The van der Waals surface area contributed by atoms with E-state index in [4.69, 9.17) is 0 Å². The van der Waals surface area contributed by atoms with Gasteiger partial charge in [0.1, 0.15) is 0 Å². The van der Waals surface area contributed by atoms with Crippen LogP contribution in [0.15, 0.2) is 0 Å². The molecular weight excluding hydrogens is 228 g/mol. The second-order valence-corrected chi connectivity index (χ2v) is 5.44. The summed E-state index contributed by atoms with van der Waals surface area (Å²) in [6.45, 7) is 10.9. The Balaban J connectivity index is 1.77. The molecule has 2 rings (SSSR count). The molecule has 2 aliphatic rings. The van der Waals surface area contributed by atoms with Crippen LogP contribution in [0.5, 0.6) is 0 Å². The minimum absolute atomic E-state index is 0.0288. The third kappa shape index (κ3) is 3.43. The van der Waals surface area contributed by atoms with E-state index in [1.807, 2.05) is 4.90 Å². The first-order valence-corrected chi connectivity index (χ1v) is 7.18. The fourth-order valence-corrected chi connectivity index (χ4v) is 2.69. The molecule has 0 saturated carbocycles. The third-order valence-electron chi connectivity index (χ3n) is 3.86. The Morgan fingerprint density at radius 3 is 2.44 bits per heavy atom. The molecule has 0 aromatic rings. The Morgan fingerprint density at radius 2 is 1.89 bits per heavy atom. The molecule has 2 heterocycles. The van der Waals surface area contributed by atoms with Crippen molar-refractivity contribution < 1.29 is 4.79 Å². The quantitative estimate of drug-likeness (QED) is 0.712. The van der Waals surface area contributed by atoms with E-state index < -0.39 is 0 Å². The number of amides is 1. The molecule has 2 fully saturated rings. The van der Waals surface area contributed by atoms with Crippen molar-refractivity contribution in [1.82, 2.24) is 20.4 Å². The van der Waals surface area contributed by atoms with Gasteiger partial charge in [-0.05, 0) is 19.9 Å². The van der Waals surface area contributed by atoms with Crippen LogP contribution in [0, 0.1) is 0 Å². The van der Waals surface area contributed by atoms with Crippen LogP contribution in [0.25, 0.3) is 0 Å². The topological polar surface area (TPSA) is 47.6 Å². The zero-order chi connectivity index (χ0) is 13.0. The molecule has 5 heteroatoms. The summed E-state index contributed by atoms with van der Waals surface area (Å²) in [5, 5.41) is 6.70. The molecule has 2 atom stereocenters. The van der Waals surface area contributed by atoms with Crippen molar-refractivity contribution in [1.29, 1.82) is 0 Å².